The summed E-state index contributed by atoms with van der Waals surface area (Å²) in [6.07, 6.45) is 0.881. The Labute approximate surface area is 133 Å². The van der Waals surface area contributed by atoms with Gasteiger partial charge in [-0.2, -0.15) is 0 Å². The van der Waals surface area contributed by atoms with Gasteiger partial charge in [-0.05, 0) is 24.1 Å². The number of aliphatic hydroxyl groups is 1. The molecule has 1 aromatic carbocycles. The first-order chi connectivity index (χ1) is 10.5. The highest BCUT2D eigenvalue weighted by molar-refractivity contribution is 5.75. The van der Waals surface area contributed by atoms with Crippen molar-refractivity contribution in [1.29, 1.82) is 0 Å². The molecule has 1 amide bonds. The molecule has 0 bridgehead atoms. The second-order valence-electron chi connectivity index (χ2n) is 5.70. The van der Waals surface area contributed by atoms with Crippen molar-refractivity contribution in [3.05, 3.63) is 29.8 Å². The SMILES string of the molecule is CCCC(=O)NCc1ccc(OC[C@H](O)CNC(C)C)cc1. The molecule has 0 spiro atoms. The number of nitrogens with one attached hydrogen (secondary N) is 2. The molecular weight excluding hydrogens is 280 g/mol. The topological polar surface area (TPSA) is 70.6 Å². The van der Waals surface area contributed by atoms with E-state index in [2.05, 4.69) is 10.6 Å². The van der Waals surface area contributed by atoms with Crippen LogP contribution in [0.15, 0.2) is 24.3 Å². The fourth-order valence-electron chi connectivity index (χ4n) is 1.84. The van der Waals surface area contributed by atoms with E-state index in [1.54, 1.807) is 0 Å². The Morgan fingerprint density at radius 1 is 1.27 bits per heavy atom. The van der Waals surface area contributed by atoms with Crippen LogP contribution in [0.1, 0.15) is 39.2 Å². The summed E-state index contributed by atoms with van der Waals surface area (Å²) >= 11 is 0. The molecule has 0 aromatic heterocycles. The summed E-state index contributed by atoms with van der Waals surface area (Å²) < 4.78 is 5.54. The zero-order valence-electron chi connectivity index (χ0n) is 13.8. The number of ether oxygens (including phenoxy) is 1. The predicted molar refractivity (Wildman–Crippen MR) is 87.8 cm³/mol. The van der Waals surface area contributed by atoms with Gasteiger partial charge in [0.1, 0.15) is 18.5 Å². The average molecular weight is 308 g/mol. The van der Waals surface area contributed by atoms with Crippen LogP contribution in [0.2, 0.25) is 0 Å². The van der Waals surface area contributed by atoms with Crippen LogP contribution >= 0.6 is 0 Å². The molecular formula is C17H28N2O3. The van der Waals surface area contributed by atoms with Crippen LogP contribution in [-0.2, 0) is 11.3 Å². The number of amides is 1. The van der Waals surface area contributed by atoms with Gasteiger partial charge in [0.2, 0.25) is 5.91 Å². The van der Waals surface area contributed by atoms with Crippen LogP contribution in [0.25, 0.3) is 0 Å². The first-order valence-corrected chi connectivity index (χ1v) is 7.91. The highest BCUT2D eigenvalue weighted by Crippen LogP contribution is 2.12. The van der Waals surface area contributed by atoms with Crippen LogP contribution in [-0.4, -0.2) is 36.3 Å². The van der Waals surface area contributed by atoms with Gasteiger partial charge in [0.25, 0.3) is 0 Å². The first-order valence-electron chi connectivity index (χ1n) is 7.91. The van der Waals surface area contributed by atoms with E-state index >= 15 is 0 Å². The van der Waals surface area contributed by atoms with Crippen molar-refractivity contribution in [3.8, 4) is 5.75 Å². The van der Waals surface area contributed by atoms with Crippen molar-refractivity contribution in [2.75, 3.05) is 13.2 Å². The van der Waals surface area contributed by atoms with E-state index in [1.807, 2.05) is 45.0 Å². The number of benzene rings is 1. The van der Waals surface area contributed by atoms with Crippen molar-refractivity contribution >= 4 is 5.91 Å². The zero-order valence-corrected chi connectivity index (χ0v) is 13.8. The molecule has 1 aromatic rings. The maximum Gasteiger partial charge on any atom is 0.220 e. The van der Waals surface area contributed by atoms with Crippen molar-refractivity contribution in [2.24, 2.45) is 0 Å². The summed E-state index contributed by atoms with van der Waals surface area (Å²) in [7, 11) is 0. The highest BCUT2D eigenvalue weighted by Gasteiger charge is 2.06. The summed E-state index contributed by atoms with van der Waals surface area (Å²) in [5, 5.41) is 15.8. The Bertz CT molecular complexity index is 432. The van der Waals surface area contributed by atoms with Gasteiger partial charge in [0, 0.05) is 25.6 Å². The van der Waals surface area contributed by atoms with Crippen LogP contribution in [0, 0.1) is 0 Å². The third-order valence-corrected chi connectivity index (χ3v) is 3.09. The largest absolute Gasteiger partial charge is 0.491 e. The van der Waals surface area contributed by atoms with Gasteiger partial charge in [-0.25, -0.2) is 0 Å². The van der Waals surface area contributed by atoms with Crippen LogP contribution in [0.4, 0.5) is 0 Å². The number of hydrogen-bond acceptors (Lipinski definition) is 4. The summed E-state index contributed by atoms with van der Waals surface area (Å²) in [6, 6.07) is 7.88. The fourth-order valence-corrected chi connectivity index (χ4v) is 1.84. The van der Waals surface area contributed by atoms with Crippen molar-refractivity contribution in [3.63, 3.8) is 0 Å². The zero-order chi connectivity index (χ0) is 16.4. The molecule has 0 saturated carbocycles. The van der Waals surface area contributed by atoms with E-state index in [4.69, 9.17) is 4.74 Å². The molecule has 0 aliphatic rings. The minimum Gasteiger partial charge on any atom is -0.491 e. The van der Waals surface area contributed by atoms with Gasteiger partial charge in [-0.1, -0.05) is 32.9 Å². The first kappa shape index (κ1) is 18.5. The highest BCUT2D eigenvalue weighted by atomic mass is 16.5. The number of rotatable bonds is 10. The van der Waals surface area contributed by atoms with E-state index < -0.39 is 6.10 Å². The summed E-state index contributed by atoms with van der Waals surface area (Å²) in [5.41, 5.74) is 1.03. The van der Waals surface area contributed by atoms with E-state index in [0.717, 1.165) is 12.0 Å². The molecule has 124 valence electrons. The van der Waals surface area contributed by atoms with Gasteiger partial charge in [-0.15, -0.1) is 0 Å². The van der Waals surface area contributed by atoms with E-state index in [1.165, 1.54) is 0 Å². The smallest absolute Gasteiger partial charge is 0.220 e. The van der Waals surface area contributed by atoms with Crippen molar-refractivity contribution in [2.45, 2.75) is 52.3 Å². The quantitative estimate of drug-likeness (QED) is 0.617. The molecule has 0 aliphatic carbocycles. The van der Waals surface area contributed by atoms with Crippen molar-refractivity contribution < 1.29 is 14.6 Å². The van der Waals surface area contributed by atoms with E-state index in [9.17, 15) is 9.90 Å². The molecule has 5 heteroatoms. The normalized spacial score (nSPS) is 12.2. The monoisotopic (exact) mass is 308 g/mol. The number of aliphatic hydroxyl groups excluding tert-OH is 1. The maximum atomic E-state index is 11.4. The molecule has 0 unspecified atom stereocenters. The third-order valence-electron chi connectivity index (χ3n) is 3.09. The molecule has 3 N–H and O–H groups in total. The molecule has 1 atom stereocenters. The van der Waals surface area contributed by atoms with Gasteiger partial charge < -0.3 is 20.5 Å². The van der Waals surface area contributed by atoms with Crippen LogP contribution in [0.3, 0.4) is 0 Å². The second kappa shape index (κ2) is 10.2. The fraction of sp³-hybridized carbons (Fsp3) is 0.588. The molecule has 1 rings (SSSR count). The molecule has 0 radical (unpaired) electrons. The Balaban J connectivity index is 2.31. The van der Waals surface area contributed by atoms with Gasteiger partial charge in [-0.3, -0.25) is 4.79 Å². The Hall–Kier alpha value is -1.59. The summed E-state index contributed by atoms with van der Waals surface area (Å²) in [6.45, 7) is 7.35. The minimum atomic E-state index is -0.532. The molecule has 0 fully saturated rings. The summed E-state index contributed by atoms with van der Waals surface area (Å²) in [4.78, 5) is 11.4. The lowest BCUT2D eigenvalue weighted by molar-refractivity contribution is -0.121. The molecule has 22 heavy (non-hydrogen) atoms. The molecule has 0 saturated heterocycles. The Morgan fingerprint density at radius 3 is 2.55 bits per heavy atom. The lowest BCUT2D eigenvalue weighted by Crippen LogP contribution is -2.35. The molecule has 0 heterocycles. The maximum absolute atomic E-state index is 11.4. The van der Waals surface area contributed by atoms with E-state index in [-0.39, 0.29) is 12.5 Å². The van der Waals surface area contributed by atoms with Gasteiger partial charge in [0.15, 0.2) is 0 Å². The second-order valence-corrected chi connectivity index (χ2v) is 5.70. The lowest BCUT2D eigenvalue weighted by Gasteiger charge is -2.15. The Kier molecular flexibility index (Phi) is 8.55. The average Bonchev–Trinajstić information content (AvgIpc) is 2.50. The summed E-state index contributed by atoms with van der Waals surface area (Å²) in [5.74, 6) is 0.788. The van der Waals surface area contributed by atoms with Crippen LogP contribution in [0.5, 0.6) is 5.75 Å². The number of hydrogen-bond donors (Lipinski definition) is 3. The van der Waals surface area contributed by atoms with Crippen LogP contribution < -0.4 is 15.4 Å². The number of carbonyl (C=O) groups is 1. The molecule has 5 nitrogen and oxygen atoms in total. The Morgan fingerprint density at radius 2 is 1.95 bits per heavy atom. The van der Waals surface area contributed by atoms with E-state index in [0.29, 0.717) is 31.3 Å². The third kappa shape index (κ3) is 8.00. The minimum absolute atomic E-state index is 0.0728. The van der Waals surface area contributed by atoms with Gasteiger partial charge >= 0.3 is 0 Å². The van der Waals surface area contributed by atoms with Gasteiger partial charge in [0.05, 0.1) is 0 Å². The number of carbonyl (C=O) groups excluding carboxylic acids is 1. The predicted octanol–water partition coefficient (Wildman–Crippen LogP) is 1.84. The standard InChI is InChI=1S/C17H28N2O3/c1-4-5-17(21)19-10-14-6-8-16(9-7-14)22-12-15(20)11-18-13(2)3/h6-9,13,15,18,20H,4-5,10-12H2,1-3H3,(H,19,21)/t15-/m1/s1. The molecule has 0 aliphatic heterocycles. The lowest BCUT2D eigenvalue weighted by atomic mass is 10.2. The van der Waals surface area contributed by atoms with Crippen molar-refractivity contribution in [1.82, 2.24) is 10.6 Å².